The van der Waals surface area contributed by atoms with E-state index in [1.807, 2.05) is 36.4 Å². The van der Waals surface area contributed by atoms with Crippen LogP contribution in [-0.4, -0.2) is 15.1 Å². The van der Waals surface area contributed by atoms with Gasteiger partial charge in [0, 0.05) is 6.20 Å². The van der Waals surface area contributed by atoms with E-state index in [2.05, 4.69) is 9.97 Å². The van der Waals surface area contributed by atoms with Crippen molar-refractivity contribution < 1.29 is 5.11 Å². The van der Waals surface area contributed by atoms with Crippen LogP contribution < -0.4 is 0 Å². The van der Waals surface area contributed by atoms with Crippen molar-refractivity contribution in [3.05, 3.63) is 42.6 Å². The minimum absolute atomic E-state index is 0.284. The predicted octanol–water partition coefficient (Wildman–Crippen LogP) is 4.28. The van der Waals surface area contributed by atoms with Crippen molar-refractivity contribution in [3.8, 4) is 15.6 Å². The van der Waals surface area contributed by atoms with Crippen LogP contribution in [0.3, 0.4) is 0 Å². The third kappa shape index (κ3) is 1.63. The molecule has 0 aliphatic rings. The summed E-state index contributed by atoms with van der Waals surface area (Å²) < 4.78 is 1.13. The summed E-state index contributed by atoms with van der Waals surface area (Å²) in [7, 11) is 0. The number of benzene rings is 1. The van der Waals surface area contributed by atoms with Gasteiger partial charge in [0.15, 0.2) is 0 Å². The van der Waals surface area contributed by atoms with Gasteiger partial charge in [-0.2, -0.15) is 0 Å². The molecule has 0 spiro atoms. The Balaban J connectivity index is 2.01. The Hall–Kier alpha value is -1.98. The lowest BCUT2D eigenvalue weighted by molar-refractivity contribution is 0.485. The molecule has 4 rings (SSSR count). The van der Waals surface area contributed by atoms with Crippen LogP contribution in [0.5, 0.6) is 5.75 Å². The zero-order valence-corrected chi connectivity index (χ0v) is 11.3. The molecule has 0 unspecified atom stereocenters. The van der Waals surface area contributed by atoms with E-state index >= 15 is 0 Å². The summed E-state index contributed by atoms with van der Waals surface area (Å²) in [4.78, 5) is 10.5. The molecule has 0 bridgehead atoms. The summed E-state index contributed by atoms with van der Waals surface area (Å²) in [5, 5.41) is 11.9. The Morgan fingerprint density at radius 1 is 1.00 bits per heavy atom. The highest BCUT2D eigenvalue weighted by molar-refractivity contribution is 7.28. The molecule has 92 valence electrons. The molecule has 0 aliphatic carbocycles. The molecule has 5 heteroatoms. The van der Waals surface area contributed by atoms with Gasteiger partial charge in [0.25, 0.3) is 0 Å². The third-order valence-electron chi connectivity index (χ3n) is 2.93. The number of pyridine rings is 1. The van der Waals surface area contributed by atoms with Crippen molar-refractivity contribution in [2.24, 2.45) is 0 Å². The van der Waals surface area contributed by atoms with Gasteiger partial charge < -0.3 is 5.11 Å². The van der Waals surface area contributed by atoms with E-state index in [4.69, 9.17) is 0 Å². The van der Waals surface area contributed by atoms with Crippen molar-refractivity contribution in [3.63, 3.8) is 0 Å². The maximum atomic E-state index is 10.3. The zero-order chi connectivity index (χ0) is 12.8. The molecule has 1 N–H and O–H groups in total. The van der Waals surface area contributed by atoms with Crippen LogP contribution >= 0.6 is 22.7 Å². The van der Waals surface area contributed by atoms with Crippen molar-refractivity contribution >= 4 is 43.1 Å². The minimum atomic E-state index is 0.284. The normalized spacial score (nSPS) is 11.4. The fraction of sp³-hybridized carbons (Fsp3) is 0. The lowest BCUT2D eigenvalue weighted by Gasteiger charge is -1.91. The van der Waals surface area contributed by atoms with Gasteiger partial charge in [-0.1, -0.05) is 12.1 Å². The monoisotopic (exact) mass is 284 g/mol. The van der Waals surface area contributed by atoms with Crippen LogP contribution in [0.25, 0.3) is 30.3 Å². The average Bonchev–Trinajstić information content (AvgIpc) is 3.00. The molecular weight excluding hydrogens is 276 g/mol. The van der Waals surface area contributed by atoms with Crippen LogP contribution in [0, 0.1) is 0 Å². The molecule has 3 heterocycles. The van der Waals surface area contributed by atoms with Gasteiger partial charge in [0.2, 0.25) is 0 Å². The van der Waals surface area contributed by atoms with Gasteiger partial charge in [-0.3, -0.25) is 0 Å². The number of aromatic nitrogens is 2. The second-order valence-corrected chi connectivity index (χ2v) is 6.15. The van der Waals surface area contributed by atoms with Gasteiger partial charge in [-0.25, -0.2) is 9.97 Å². The van der Waals surface area contributed by atoms with E-state index < -0.39 is 0 Å². The van der Waals surface area contributed by atoms with E-state index in [-0.39, 0.29) is 5.75 Å². The van der Waals surface area contributed by atoms with Crippen LogP contribution in [0.2, 0.25) is 0 Å². The highest BCUT2D eigenvalue weighted by Crippen LogP contribution is 2.44. The fourth-order valence-electron chi connectivity index (χ4n) is 2.03. The number of thiophene rings is 1. The molecule has 0 aliphatic heterocycles. The smallest absolute Gasteiger partial charge is 0.146 e. The number of thiazole rings is 1. The molecule has 0 saturated carbocycles. The second-order valence-electron chi connectivity index (χ2n) is 4.12. The number of hydrogen-bond donors (Lipinski definition) is 1. The van der Waals surface area contributed by atoms with Crippen LogP contribution in [0.4, 0.5) is 0 Å². The number of para-hydroxylation sites is 1. The Morgan fingerprint density at radius 2 is 1.89 bits per heavy atom. The predicted molar refractivity (Wildman–Crippen MR) is 79.9 cm³/mol. The molecule has 1 aromatic carbocycles. The summed E-state index contributed by atoms with van der Waals surface area (Å²) in [5.74, 6) is 0.284. The summed E-state index contributed by atoms with van der Waals surface area (Å²) in [6, 6.07) is 11.7. The number of nitrogens with zero attached hydrogens (tertiary/aromatic N) is 2. The van der Waals surface area contributed by atoms with Crippen LogP contribution in [-0.2, 0) is 0 Å². The molecule has 0 fully saturated rings. The highest BCUT2D eigenvalue weighted by Gasteiger charge is 2.16. The Bertz CT molecular complexity index is 862. The largest absolute Gasteiger partial charge is 0.506 e. The Kier molecular flexibility index (Phi) is 2.30. The number of aromatic hydroxyl groups is 1. The summed E-state index contributed by atoms with van der Waals surface area (Å²) in [6.07, 6.45) is 1.74. The van der Waals surface area contributed by atoms with Gasteiger partial charge in [-0.15, -0.1) is 22.7 Å². The first kappa shape index (κ1) is 10.9. The molecule has 0 saturated heterocycles. The van der Waals surface area contributed by atoms with Crippen molar-refractivity contribution in [1.29, 1.82) is 0 Å². The van der Waals surface area contributed by atoms with Crippen molar-refractivity contribution in [1.82, 2.24) is 9.97 Å². The van der Waals surface area contributed by atoms with E-state index in [9.17, 15) is 5.11 Å². The van der Waals surface area contributed by atoms with Gasteiger partial charge >= 0.3 is 0 Å². The number of hydrogen-bond acceptors (Lipinski definition) is 5. The van der Waals surface area contributed by atoms with Crippen molar-refractivity contribution in [2.45, 2.75) is 0 Å². The van der Waals surface area contributed by atoms with Gasteiger partial charge in [0.1, 0.15) is 20.5 Å². The molecule has 4 aromatic rings. The van der Waals surface area contributed by atoms with E-state index in [0.29, 0.717) is 0 Å². The molecule has 19 heavy (non-hydrogen) atoms. The van der Waals surface area contributed by atoms with E-state index in [1.165, 1.54) is 11.3 Å². The quantitative estimate of drug-likeness (QED) is 0.567. The lowest BCUT2D eigenvalue weighted by Crippen LogP contribution is -1.70. The Labute approximate surface area is 116 Å². The highest BCUT2D eigenvalue weighted by atomic mass is 32.1. The summed E-state index contributed by atoms with van der Waals surface area (Å²) in [6.45, 7) is 0. The van der Waals surface area contributed by atoms with Crippen LogP contribution in [0.15, 0.2) is 42.6 Å². The number of fused-ring (bicyclic) bond motifs is 2. The first-order chi connectivity index (χ1) is 9.33. The standard InChI is InChI=1S/C14H8N2OS2/c17-11-8-4-3-7-15-13(8)19-12(11)14-16-9-5-1-2-6-10(9)18-14/h1-7,17H. The minimum Gasteiger partial charge on any atom is -0.506 e. The molecular formula is C14H8N2OS2. The third-order valence-corrected chi connectivity index (χ3v) is 5.22. The van der Waals surface area contributed by atoms with E-state index in [1.54, 1.807) is 17.5 Å². The number of rotatable bonds is 1. The molecule has 3 aromatic heterocycles. The topological polar surface area (TPSA) is 46.0 Å². The molecule has 0 amide bonds. The summed E-state index contributed by atoms with van der Waals surface area (Å²) in [5.41, 5.74) is 0.965. The maximum Gasteiger partial charge on any atom is 0.146 e. The maximum absolute atomic E-state index is 10.3. The molecule has 0 atom stereocenters. The molecule has 0 radical (unpaired) electrons. The van der Waals surface area contributed by atoms with Gasteiger partial charge in [-0.05, 0) is 24.3 Å². The average molecular weight is 284 g/mol. The lowest BCUT2D eigenvalue weighted by atomic mass is 10.3. The zero-order valence-electron chi connectivity index (χ0n) is 9.70. The first-order valence-corrected chi connectivity index (χ1v) is 7.38. The first-order valence-electron chi connectivity index (χ1n) is 5.75. The summed E-state index contributed by atoms with van der Waals surface area (Å²) >= 11 is 3.07. The second kappa shape index (κ2) is 4.01. The molecule has 3 nitrogen and oxygen atoms in total. The SMILES string of the molecule is Oc1c(-c2nc3ccccc3s2)sc2ncccc12. The van der Waals surface area contributed by atoms with E-state index in [0.717, 1.165) is 30.3 Å². The van der Waals surface area contributed by atoms with Crippen LogP contribution in [0.1, 0.15) is 0 Å². The van der Waals surface area contributed by atoms with Gasteiger partial charge in [0.05, 0.1) is 15.6 Å². The van der Waals surface area contributed by atoms with Crippen molar-refractivity contribution in [2.75, 3.05) is 0 Å². The fourth-order valence-corrected chi connectivity index (χ4v) is 4.11. The Morgan fingerprint density at radius 3 is 2.74 bits per heavy atom.